The molecule has 0 radical (unpaired) electrons. The van der Waals surface area contributed by atoms with Crippen LogP contribution in [0.15, 0.2) is 112 Å². The molecule has 0 aliphatic carbocycles. The molecule has 3 aromatic rings. The van der Waals surface area contributed by atoms with E-state index < -0.39 is 12.0 Å². The fourth-order valence-electron chi connectivity index (χ4n) is 4.69. The molecule has 204 valence electrons. The summed E-state index contributed by atoms with van der Waals surface area (Å²) in [4.78, 5) is 32.9. The van der Waals surface area contributed by atoms with Gasteiger partial charge < -0.3 is 19.7 Å². The van der Waals surface area contributed by atoms with Crippen molar-refractivity contribution < 1.29 is 19.1 Å². The van der Waals surface area contributed by atoms with Gasteiger partial charge in [-0.1, -0.05) is 84.6 Å². The van der Waals surface area contributed by atoms with Crippen LogP contribution in [0.5, 0.6) is 5.75 Å². The van der Waals surface area contributed by atoms with Crippen LogP contribution in [-0.4, -0.2) is 28.6 Å². The topological polar surface area (TPSA) is 80.2 Å². The molecular formula is C32H31N3O4S. The summed E-state index contributed by atoms with van der Waals surface area (Å²) in [6.07, 6.45) is 0.148. The van der Waals surface area contributed by atoms with E-state index in [1.165, 1.54) is 11.8 Å². The Balaban J connectivity index is 1.41. The van der Waals surface area contributed by atoms with Gasteiger partial charge in [-0.25, -0.2) is 9.79 Å². The quantitative estimate of drug-likeness (QED) is 0.305. The smallest absolute Gasteiger partial charge is 0.338 e. The van der Waals surface area contributed by atoms with E-state index in [9.17, 15) is 9.59 Å². The van der Waals surface area contributed by atoms with Gasteiger partial charge >= 0.3 is 5.97 Å². The number of allylic oxidation sites excluding steroid dienone is 1. The van der Waals surface area contributed by atoms with E-state index in [0.29, 0.717) is 30.2 Å². The Hall–Kier alpha value is -4.30. The molecule has 0 bridgehead atoms. The molecule has 0 unspecified atom stereocenters. The number of thioether (sulfide) groups is 1. The summed E-state index contributed by atoms with van der Waals surface area (Å²) in [5.74, 6) is 0.150. The second-order valence-electron chi connectivity index (χ2n) is 9.40. The summed E-state index contributed by atoms with van der Waals surface area (Å²) >= 11 is 1.45. The van der Waals surface area contributed by atoms with Crippen LogP contribution < -0.4 is 10.1 Å². The van der Waals surface area contributed by atoms with Crippen LogP contribution in [0.25, 0.3) is 0 Å². The number of amides is 1. The van der Waals surface area contributed by atoms with Gasteiger partial charge in [0.1, 0.15) is 12.4 Å². The zero-order chi connectivity index (χ0) is 27.9. The number of aliphatic imine (C=N–C) groups is 1. The number of fused-ring (bicyclic) bond motifs is 1. The van der Waals surface area contributed by atoms with Gasteiger partial charge in [0.2, 0.25) is 5.91 Å². The molecule has 7 nitrogen and oxygen atoms in total. The van der Waals surface area contributed by atoms with Gasteiger partial charge in [-0.15, -0.1) is 0 Å². The molecule has 2 aliphatic rings. The molecule has 1 amide bonds. The highest BCUT2D eigenvalue weighted by Gasteiger charge is 2.41. The number of esters is 1. The van der Waals surface area contributed by atoms with Crippen LogP contribution in [-0.2, 0) is 27.5 Å². The zero-order valence-corrected chi connectivity index (χ0v) is 23.3. The third-order valence-corrected chi connectivity index (χ3v) is 7.48. The number of hydrogen-bond donors (Lipinski definition) is 1. The minimum absolute atomic E-state index is 0.111. The number of nitrogens with zero attached hydrogens (tertiary/aromatic N) is 2. The lowest BCUT2D eigenvalue weighted by Gasteiger charge is -2.36. The molecule has 2 heterocycles. The fourth-order valence-corrected chi connectivity index (χ4v) is 5.66. The third-order valence-electron chi connectivity index (χ3n) is 6.59. The van der Waals surface area contributed by atoms with Gasteiger partial charge in [-0.3, -0.25) is 4.79 Å². The molecule has 8 heteroatoms. The predicted molar refractivity (Wildman–Crippen MR) is 157 cm³/mol. The van der Waals surface area contributed by atoms with Gasteiger partial charge in [-0.2, -0.15) is 0 Å². The summed E-state index contributed by atoms with van der Waals surface area (Å²) in [6.45, 7) is 4.72. The largest absolute Gasteiger partial charge is 0.489 e. The van der Waals surface area contributed by atoms with E-state index in [-0.39, 0.29) is 18.9 Å². The first-order valence-electron chi connectivity index (χ1n) is 13.2. The highest BCUT2D eigenvalue weighted by atomic mass is 32.2. The second-order valence-corrected chi connectivity index (χ2v) is 10.2. The molecular weight excluding hydrogens is 522 g/mol. The van der Waals surface area contributed by atoms with Gasteiger partial charge in [0.25, 0.3) is 0 Å². The van der Waals surface area contributed by atoms with E-state index in [2.05, 4.69) is 5.32 Å². The third kappa shape index (κ3) is 6.29. The molecule has 40 heavy (non-hydrogen) atoms. The maximum atomic E-state index is 13.3. The molecule has 3 aromatic carbocycles. The van der Waals surface area contributed by atoms with Crippen LogP contribution in [0.4, 0.5) is 0 Å². The van der Waals surface area contributed by atoms with Crippen LogP contribution in [0.3, 0.4) is 0 Å². The lowest BCUT2D eigenvalue weighted by Crippen LogP contribution is -2.38. The highest BCUT2D eigenvalue weighted by Crippen LogP contribution is 2.45. The minimum Gasteiger partial charge on any atom is -0.489 e. The maximum absolute atomic E-state index is 13.3. The SMILES string of the molecule is CCOC(=O)C1=C(C)N=C2SC=C(CC(=O)NCc3ccccc3)N2[C@@H]1c1cccc(OCc2ccccc2)c1. The van der Waals surface area contributed by atoms with Crippen molar-refractivity contribution in [2.24, 2.45) is 4.99 Å². The molecule has 0 fully saturated rings. The fraction of sp³-hybridized carbons (Fsp3) is 0.219. The number of ether oxygens (including phenoxy) is 2. The summed E-state index contributed by atoms with van der Waals surface area (Å²) in [5.41, 5.74) is 4.75. The van der Waals surface area contributed by atoms with E-state index in [4.69, 9.17) is 14.5 Å². The number of rotatable bonds is 10. The first-order valence-corrected chi connectivity index (χ1v) is 14.1. The van der Waals surface area contributed by atoms with Gasteiger partial charge in [0.15, 0.2) is 5.17 Å². The van der Waals surface area contributed by atoms with E-state index in [1.807, 2.05) is 102 Å². The first-order chi connectivity index (χ1) is 19.5. The van der Waals surface area contributed by atoms with Crippen molar-refractivity contribution in [3.63, 3.8) is 0 Å². The van der Waals surface area contributed by atoms with Crippen molar-refractivity contribution in [1.82, 2.24) is 10.2 Å². The van der Waals surface area contributed by atoms with Crippen LogP contribution in [0.1, 0.15) is 43.0 Å². The highest BCUT2D eigenvalue weighted by molar-refractivity contribution is 8.16. The number of carbonyl (C=O) groups is 2. The standard InChI is InChI=1S/C32H31N3O4S/c1-3-38-31(37)29-22(2)34-32-35(26(21-40-32)18-28(36)33-19-23-11-6-4-7-12-23)30(29)25-15-10-16-27(17-25)39-20-24-13-8-5-9-14-24/h4-17,21,30H,3,18-20H2,1-2H3,(H,33,36)/t30-/m1/s1. The van der Waals surface area contributed by atoms with E-state index in [0.717, 1.165) is 27.6 Å². The normalized spacial score (nSPS) is 16.1. The Morgan fingerprint density at radius 2 is 1.70 bits per heavy atom. The molecule has 0 spiro atoms. The van der Waals surface area contributed by atoms with Crippen molar-refractivity contribution in [2.75, 3.05) is 6.61 Å². The van der Waals surface area contributed by atoms with Crippen LogP contribution in [0.2, 0.25) is 0 Å². The number of carbonyl (C=O) groups excluding carboxylic acids is 2. The molecule has 0 saturated carbocycles. The molecule has 1 N–H and O–H groups in total. The van der Waals surface area contributed by atoms with Crippen molar-refractivity contribution >= 4 is 28.8 Å². The van der Waals surface area contributed by atoms with Crippen molar-refractivity contribution in [1.29, 1.82) is 0 Å². The second kappa shape index (κ2) is 12.7. The van der Waals surface area contributed by atoms with Crippen molar-refractivity contribution in [3.8, 4) is 5.75 Å². The average molecular weight is 554 g/mol. The Bertz CT molecular complexity index is 1470. The predicted octanol–water partition coefficient (Wildman–Crippen LogP) is 6.11. The number of nitrogens with one attached hydrogen (secondary N) is 1. The summed E-state index contributed by atoms with van der Waals surface area (Å²) < 4.78 is 11.6. The number of amidine groups is 1. The van der Waals surface area contributed by atoms with Gasteiger partial charge in [0.05, 0.1) is 30.3 Å². The Morgan fingerprint density at radius 1 is 0.975 bits per heavy atom. The van der Waals surface area contributed by atoms with Gasteiger partial charge in [0, 0.05) is 12.2 Å². The monoisotopic (exact) mass is 553 g/mol. The molecule has 1 atom stereocenters. The lowest BCUT2D eigenvalue weighted by atomic mass is 9.93. The van der Waals surface area contributed by atoms with E-state index >= 15 is 0 Å². The summed E-state index contributed by atoms with van der Waals surface area (Å²) in [6, 6.07) is 26.9. The first kappa shape index (κ1) is 27.3. The van der Waals surface area contributed by atoms with Gasteiger partial charge in [-0.05, 0) is 48.1 Å². The maximum Gasteiger partial charge on any atom is 0.338 e. The Morgan fingerprint density at radius 3 is 2.42 bits per heavy atom. The summed E-state index contributed by atoms with van der Waals surface area (Å²) in [5, 5.41) is 5.66. The molecule has 5 rings (SSSR count). The lowest BCUT2D eigenvalue weighted by molar-refractivity contribution is -0.139. The van der Waals surface area contributed by atoms with E-state index in [1.54, 1.807) is 6.92 Å². The van der Waals surface area contributed by atoms with Crippen LogP contribution >= 0.6 is 11.8 Å². The Labute approximate surface area is 238 Å². The number of hydrogen-bond acceptors (Lipinski definition) is 7. The molecule has 2 aliphatic heterocycles. The molecule has 0 saturated heterocycles. The average Bonchev–Trinajstić information content (AvgIpc) is 3.37. The number of benzene rings is 3. The Kier molecular flexibility index (Phi) is 8.66. The summed E-state index contributed by atoms with van der Waals surface area (Å²) in [7, 11) is 0. The van der Waals surface area contributed by atoms with Crippen molar-refractivity contribution in [2.45, 2.75) is 39.5 Å². The zero-order valence-electron chi connectivity index (χ0n) is 22.5. The minimum atomic E-state index is -0.519. The van der Waals surface area contributed by atoms with Crippen LogP contribution in [0, 0.1) is 0 Å². The van der Waals surface area contributed by atoms with Crippen molar-refractivity contribution in [3.05, 3.63) is 124 Å². The molecule has 0 aromatic heterocycles.